The molecule has 0 spiro atoms. The molecular formula is C16H12ClN3S. The van der Waals surface area contributed by atoms with E-state index >= 15 is 0 Å². The van der Waals surface area contributed by atoms with E-state index in [9.17, 15) is 5.26 Å². The summed E-state index contributed by atoms with van der Waals surface area (Å²) in [6.07, 6.45) is 0.858. The summed E-state index contributed by atoms with van der Waals surface area (Å²) in [5.74, 6) is 0.638. The molecule has 1 N–H and O–H groups in total. The lowest BCUT2D eigenvalue weighted by Gasteiger charge is -2.08. The highest BCUT2D eigenvalue weighted by molar-refractivity contribution is 7.16. The lowest BCUT2D eigenvalue weighted by Crippen LogP contribution is -2.07. The number of nitriles is 1. The van der Waals surface area contributed by atoms with Crippen LogP contribution in [0.5, 0.6) is 0 Å². The second-order valence-electron chi connectivity index (χ2n) is 4.57. The second-order valence-corrected chi connectivity index (χ2v) is 6.37. The summed E-state index contributed by atoms with van der Waals surface area (Å²) >= 11 is 7.49. The highest BCUT2D eigenvalue weighted by atomic mass is 35.5. The minimum atomic E-state index is 0.568. The van der Waals surface area contributed by atoms with Gasteiger partial charge in [-0.05, 0) is 30.7 Å². The van der Waals surface area contributed by atoms with E-state index in [1.807, 2.05) is 42.5 Å². The topological polar surface area (TPSA) is 48.7 Å². The van der Waals surface area contributed by atoms with Crippen molar-refractivity contribution in [2.24, 2.45) is 0 Å². The number of hydrogen-bond donors (Lipinski definition) is 1. The molecule has 0 unspecified atom stereocenters. The van der Waals surface area contributed by atoms with Gasteiger partial charge >= 0.3 is 0 Å². The van der Waals surface area contributed by atoms with Crippen LogP contribution in [-0.4, -0.2) is 11.5 Å². The van der Waals surface area contributed by atoms with Gasteiger partial charge in [0, 0.05) is 16.8 Å². The summed E-state index contributed by atoms with van der Waals surface area (Å²) in [5, 5.41) is 13.5. The number of anilines is 1. The maximum absolute atomic E-state index is 9.25. The number of rotatable bonds is 4. The summed E-state index contributed by atoms with van der Waals surface area (Å²) in [4.78, 5) is 5.74. The molecule has 0 fully saturated rings. The fourth-order valence-electron chi connectivity index (χ4n) is 2.13. The van der Waals surface area contributed by atoms with Crippen molar-refractivity contribution in [2.45, 2.75) is 6.42 Å². The zero-order valence-electron chi connectivity index (χ0n) is 11.1. The lowest BCUT2D eigenvalue weighted by molar-refractivity contribution is 1.03. The van der Waals surface area contributed by atoms with Crippen LogP contribution in [0.15, 0.2) is 42.5 Å². The maximum atomic E-state index is 9.25. The van der Waals surface area contributed by atoms with E-state index in [1.165, 1.54) is 4.88 Å². The van der Waals surface area contributed by atoms with E-state index in [1.54, 1.807) is 11.3 Å². The van der Waals surface area contributed by atoms with E-state index < -0.39 is 0 Å². The Morgan fingerprint density at radius 3 is 2.86 bits per heavy atom. The van der Waals surface area contributed by atoms with Crippen LogP contribution in [0, 0.1) is 11.3 Å². The Kier molecular flexibility index (Phi) is 4.05. The molecule has 3 nitrogen and oxygen atoms in total. The minimum absolute atomic E-state index is 0.568. The van der Waals surface area contributed by atoms with Crippen LogP contribution in [0.4, 0.5) is 5.82 Å². The van der Waals surface area contributed by atoms with Crippen molar-refractivity contribution in [3.8, 4) is 6.07 Å². The normalized spacial score (nSPS) is 10.5. The number of halogens is 1. The van der Waals surface area contributed by atoms with Crippen molar-refractivity contribution >= 4 is 39.7 Å². The average molecular weight is 314 g/mol. The number of pyridine rings is 1. The lowest BCUT2D eigenvalue weighted by atomic mass is 10.1. The number of aromatic nitrogens is 1. The average Bonchev–Trinajstić information content (AvgIpc) is 2.92. The number of thiophene rings is 1. The third-order valence-electron chi connectivity index (χ3n) is 3.14. The fraction of sp³-hybridized carbons (Fsp3) is 0.125. The van der Waals surface area contributed by atoms with Gasteiger partial charge in [0.1, 0.15) is 11.9 Å². The highest BCUT2D eigenvalue weighted by Crippen LogP contribution is 2.23. The molecule has 0 aliphatic heterocycles. The maximum Gasteiger partial charge on any atom is 0.144 e. The molecule has 104 valence electrons. The Balaban J connectivity index is 1.78. The van der Waals surface area contributed by atoms with Crippen LogP contribution < -0.4 is 5.32 Å². The number of nitrogens with zero attached hydrogens (tertiary/aromatic N) is 2. The van der Waals surface area contributed by atoms with Crippen molar-refractivity contribution in [3.63, 3.8) is 0 Å². The molecule has 2 heterocycles. The third kappa shape index (κ3) is 3.15. The van der Waals surface area contributed by atoms with Gasteiger partial charge in [0.15, 0.2) is 0 Å². The summed E-state index contributed by atoms with van der Waals surface area (Å²) in [6.45, 7) is 0.719. The summed E-state index contributed by atoms with van der Waals surface area (Å²) in [6, 6.07) is 15.8. The van der Waals surface area contributed by atoms with Crippen LogP contribution in [0.3, 0.4) is 0 Å². The van der Waals surface area contributed by atoms with Gasteiger partial charge < -0.3 is 5.32 Å². The molecule has 21 heavy (non-hydrogen) atoms. The van der Waals surface area contributed by atoms with Crippen molar-refractivity contribution in [1.82, 2.24) is 4.98 Å². The van der Waals surface area contributed by atoms with E-state index in [-0.39, 0.29) is 0 Å². The highest BCUT2D eigenvalue weighted by Gasteiger charge is 2.06. The Labute approximate surface area is 131 Å². The van der Waals surface area contributed by atoms with Gasteiger partial charge in [-0.25, -0.2) is 4.98 Å². The summed E-state index contributed by atoms with van der Waals surface area (Å²) < 4.78 is 0.798. The predicted molar refractivity (Wildman–Crippen MR) is 88.0 cm³/mol. The second kappa shape index (κ2) is 6.13. The monoisotopic (exact) mass is 313 g/mol. The van der Waals surface area contributed by atoms with Gasteiger partial charge in [-0.15, -0.1) is 11.3 Å². The fourth-order valence-corrected chi connectivity index (χ4v) is 3.21. The molecule has 0 saturated heterocycles. The molecule has 0 bridgehead atoms. The van der Waals surface area contributed by atoms with Crippen LogP contribution in [-0.2, 0) is 6.42 Å². The number of para-hydroxylation sites is 1. The van der Waals surface area contributed by atoms with Gasteiger partial charge in [-0.3, -0.25) is 0 Å². The molecule has 5 heteroatoms. The molecule has 2 aromatic heterocycles. The first-order valence-electron chi connectivity index (χ1n) is 6.54. The first-order chi connectivity index (χ1) is 10.3. The quantitative estimate of drug-likeness (QED) is 0.772. The summed E-state index contributed by atoms with van der Waals surface area (Å²) in [7, 11) is 0. The Morgan fingerprint density at radius 1 is 1.24 bits per heavy atom. The molecule has 0 saturated carbocycles. The van der Waals surface area contributed by atoms with E-state index in [2.05, 4.69) is 16.4 Å². The van der Waals surface area contributed by atoms with Crippen molar-refractivity contribution < 1.29 is 0 Å². The Bertz CT molecular complexity index is 820. The number of fused-ring (bicyclic) bond motifs is 1. The van der Waals surface area contributed by atoms with E-state index in [0.29, 0.717) is 11.4 Å². The SMILES string of the molecule is N#Cc1cc2ccccc2nc1NCCc1ccc(Cl)s1. The van der Waals surface area contributed by atoms with E-state index in [4.69, 9.17) is 11.6 Å². The number of nitrogens with one attached hydrogen (secondary N) is 1. The molecule has 0 aliphatic carbocycles. The van der Waals surface area contributed by atoms with Crippen molar-refractivity contribution in [3.05, 3.63) is 57.2 Å². The van der Waals surface area contributed by atoms with Gasteiger partial charge in [-0.2, -0.15) is 5.26 Å². The molecule has 3 rings (SSSR count). The zero-order valence-corrected chi connectivity index (χ0v) is 12.7. The molecular weight excluding hydrogens is 302 g/mol. The number of hydrogen-bond acceptors (Lipinski definition) is 4. The van der Waals surface area contributed by atoms with Gasteiger partial charge in [-0.1, -0.05) is 29.8 Å². The molecule has 0 aliphatic rings. The molecule has 3 aromatic rings. The van der Waals surface area contributed by atoms with Crippen LogP contribution in [0.25, 0.3) is 10.9 Å². The van der Waals surface area contributed by atoms with Gasteiger partial charge in [0.2, 0.25) is 0 Å². The summed E-state index contributed by atoms with van der Waals surface area (Å²) in [5.41, 5.74) is 1.45. The molecule has 0 radical (unpaired) electrons. The van der Waals surface area contributed by atoms with Crippen LogP contribution >= 0.6 is 22.9 Å². The predicted octanol–water partition coefficient (Wildman–Crippen LogP) is 4.48. The smallest absolute Gasteiger partial charge is 0.144 e. The van der Waals surface area contributed by atoms with Crippen LogP contribution in [0.1, 0.15) is 10.4 Å². The van der Waals surface area contributed by atoms with Crippen LogP contribution in [0.2, 0.25) is 4.34 Å². The molecule has 1 aromatic carbocycles. The van der Waals surface area contributed by atoms with E-state index in [0.717, 1.165) is 28.2 Å². The largest absolute Gasteiger partial charge is 0.369 e. The standard InChI is InChI=1S/C16H12ClN3S/c17-15-6-5-13(21-15)7-8-19-16-12(10-18)9-11-3-1-2-4-14(11)20-16/h1-6,9H,7-8H2,(H,19,20). The number of benzene rings is 1. The van der Waals surface area contributed by atoms with Gasteiger partial charge in [0.05, 0.1) is 15.4 Å². The third-order valence-corrected chi connectivity index (χ3v) is 4.43. The Morgan fingerprint density at radius 2 is 2.10 bits per heavy atom. The minimum Gasteiger partial charge on any atom is -0.369 e. The first kappa shape index (κ1) is 13.9. The first-order valence-corrected chi connectivity index (χ1v) is 7.74. The van der Waals surface area contributed by atoms with Crippen molar-refractivity contribution in [1.29, 1.82) is 5.26 Å². The zero-order chi connectivity index (χ0) is 14.7. The van der Waals surface area contributed by atoms with Crippen molar-refractivity contribution in [2.75, 3.05) is 11.9 Å². The molecule has 0 amide bonds. The Hall–Kier alpha value is -2.09. The van der Waals surface area contributed by atoms with Gasteiger partial charge in [0.25, 0.3) is 0 Å². The molecule has 0 atom stereocenters.